The Morgan fingerprint density at radius 2 is 2.38 bits per heavy atom. The van der Waals surface area contributed by atoms with E-state index in [1.54, 1.807) is 6.07 Å². The van der Waals surface area contributed by atoms with E-state index in [0.717, 1.165) is 18.7 Å². The van der Waals surface area contributed by atoms with Gasteiger partial charge < -0.3 is 10.8 Å². The van der Waals surface area contributed by atoms with Crippen molar-refractivity contribution in [3.63, 3.8) is 0 Å². The van der Waals surface area contributed by atoms with Crippen LogP contribution in [0, 0.1) is 5.92 Å². The van der Waals surface area contributed by atoms with Gasteiger partial charge in [-0.1, -0.05) is 0 Å². The van der Waals surface area contributed by atoms with Crippen molar-refractivity contribution < 1.29 is 5.11 Å². The monoisotopic (exact) mass is 195 g/mol. The molecule has 1 unspecified atom stereocenters. The van der Waals surface area contributed by atoms with Crippen molar-refractivity contribution in [2.75, 3.05) is 12.3 Å². The predicted molar refractivity (Wildman–Crippen MR) is 55.1 cm³/mol. The predicted octanol–water partition coefficient (Wildman–Crippen LogP) is 1.62. The largest absolute Gasteiger partial charge is 0.508 e. The van der Waals surface area contributed by atoms with E-state index < -0.39 is 0 Å². The zero-order valence-electron chi connectivity index (χ0n) is 7.36. The second kappa shape index (κ2) is 3.60. The van der Waals surface area contributed by atoms with Gasteiger partial charge in [0.2, 0.25) is 0 Å². The average Bonchev–Trinajstić information content (AvgIpc) is 2.16. The third-order valence-electron chi connectivity index (χ3n) is 2.36. The highest BCUT2D eigenvalue weighted by molar-refractivity contribution is 7.99. The molecule has 1 aromatic rings. The fourth-order valence-corrected chi connectivity index (χ4v) is 2.76. The number of hydrogen-bond acceptors (Lipinski definition) is 3. The van der Waals surface area contributed by atoms with Gasteiger partial charge in [-0.2, -0.15) is 0 Å². The lowest BCUT2D eigenvalue weighted by Crippen LogP contribution is -2.22. The highest BCUT2D eigenvalue weighted by Crippen LogP contribution is 2.34. The number of phenolic OH excluding ortho intramolecular Hbond substituents is 1. The molecule has 0 amide bonds. The van der Waals surface area contributed by atoms with Crippen molar-refractivity contribution in [2.45, 2.75) is 11.3 Å². The Morgan fingerprint density at radius 1 is 1.54 bits per heavy atom. The molecule has 13 heavy (non-hydrogen) atoms. The first-order valence-corrected chi connectivity index (χ1v) is 5.43. The van der Waals surface area contributed by atoms with Crippen molar-refractivity contribution in [3.05, 3.63) is 23.8 Å². The fraction of sp³-hybridized carbons (Fsp3) is 0.400. The van der Waals surface area contributed by atoms with E-state index in [9.17, 15) is 5.11 Å². The summed E-state index contributed by atoms with van der Waals surface area (Å²) in [6.07, 6.45) is 1.01. The van der Waals surface area contributed by atoms with Crippen LogP contribution < -0.4 is 5.73 Å². The van der Waals surface area contributed by atoms with Crippen LogP contribution in [0.1, 0.15) is 5.56 Å². The lowest BCUT2D eigenvalue weighted by Gasteiger charge is -2.22. The van der Waals surface area contributed by atoms with Gasteiger partial charge in [0.05, 0.1) is 0 Å². The van der Waals surface area contributed by atoms with Gasteiger partial charge in [0.15, 0.2) is 0 Å². The van der Waals surface area contributed by atoms with Crippen molar-refractivity contribution in [1.82, 2.24) is 0 Å². The molecule has 1 aromatic carbocycles. The quantitative estimate of drug-likeness (QED) is 0.715. The minimum Gasteiger partial charge on any atom is -0.508 e. The summed E-state index contributed by atoms with van der Waals surface area (Å²) in [6, 6.07) is 5.58. The van der Waals surface area contributed by atoms with Crippen LogP contribution in [0.4, 0.5) is 0 Å². The van der Waals surface area contributed by atoms with E-state index in [1.807, 2.05) is 23.9 Å². The SMILES string of the molecule is NCC1CSc2ccc(O)cc2C1. The molecule has 3 heteroatoms. The van der Waals surface area contributed by atoms with E-state index in [0.29, 0.717) is 11.7 Å². The molecule has 0 fully saturated rings. The van der Waals surface area contributed by atoms with Gasteiger partial charge in [0.1, 0.15) is 5.75 Å². The Labute approximate surface area is 82.1 Å². The molecular weight excluding hydrogens is 182 g/mol. The summed E-state index contributed by atoms with van der Waals surface area (Å²) in [4.78, 5) is 1.29. The molecule has 1 aliphatic rings. The molecule has 0 bridgehead atoms. The van der Waals surface area contributed by atoms with Gasteiger partial charge in [0.25, 0.3) is 0 Å². The molecule has 2 rings (SSSR count). The third-order valence-corrected chi connectivity index (χ3v) is 3.71. The van der Waals surface area contributed by atoms with Crippen LogP contribution >= 0.6 is 11.8 Å². The Bertz CT molecular complexity index is 314. The van der Waals surface area contributed by atoms with Crippen LogP contribution in [0.25, 0.3) is 0 Å². The highest BCUT2D eigenvalue weighted by Gasteiger charge is 2.17. The van der Waals surface area contributed by atoms with Crippen LogP contribution in [0.5, 0.6) is 5.75 Å². The van der Waals surface area contributed by atoms with Crippen molar-refractivity contribution >= 4 is 11.8 Å². The molecule has 1 heterocycles. The summed E-state index contributed by atoms with van der Waals surface area (Å²) < 4.78 is 0. The first kappa shape index (κ1) is 8.91. The molecule has 0 aromatic heterocycles. The summed E-state index contributed by atoms with van der Waals surface area (Å²) in [6.45, 7) is 0.738. The van der Waals surface area contributed by atoms with Gasteiger partial charge in [-0.25, -0.2) is 0 Å². The molecular formula is C10H13NOS. The summed E-state index contributed by atoms with van der Waals surface area (Å²) in [5.41, 5.74) is 6.86. The molecule has 70 valence electrons. The number of benzene rings is 1. The molecule has 0 spiro atoms. The van der Waals surface area contributed by atoms with E-state index in [4.69, 9.17) is 5.73 Å². The summed E-state index contributed by atoms with van der Waals surface area (Å²) in [7, 11) is 0. The number of phenols is 1. The summed E-state index contributed by atoms with van der Waals surface area (Å²) in [5.74, 6) is 2.03. The second-order valence-electron chi connectivity index (χ2n) is 3.41. The van der Waals surface area contributed by atoms with Gasteiger partial charge in [-0.3, -0.25) is 0 Å². The number of fused-ring (bicyclic) bond motifs is 1. The van der Waals surface area contributed by atoms with Crippen molar-refractivity contribution in [3.8, 4) is 5.75 Å². The van der Waals surface area contributed by atoms with Gasteiger partial charge >= 0.3 is 0 Å². The van der Waals surface area contributed by atoms with Crippen LogP contribution in [0.2, 0.25) is 0 Å². The maximum absolute atomic E-state index is 9.31. The Hall–Kier alpha value is -0.670. The molecule has 2 nitrogen and oxygen atoms in total. The lowest BCUT2D eigenvalue weighted by molar-refractivity contribution is 0.472. The molecule has 1 aliphatic heterocycles. The van der Waals surface area contributed by atoms with Crippen LogP contribution in [0.3, 0.4) is 0 Å². The van der Waals surface area contributed by atoms with E-state index in [-0.39, 0.29) is 0 Å². The number of thioether (sulfide) groups is 1. The highest BCUT2D eigenvalue weighted by atomic mass is 32.2. The molecule has 0 radical (unpaired) electrons. The van der Waals surface area contributed by atoms with Gasteiger partial charge in [0, 0.05) is 10.6 Å². The molecule has 0 saturated carbocycles. The van der Waals surface area contributed by atoms with Crippen molar-refractivity contribution in [1.29, 1.82) is 0 Å². The first-order valence-electron chi connectivity index (χ1n) is 4.44. The molecule has 3 N–H and O–H groups in total. The van der Waals surface area contributed by atoms with Crippen LogP contribution in [-0.2, 0) is 6.42 Å². The zero-order valence-corrected chi connectivity index (χ0v) is 8.18. The van der Waals surface area contributed by atoms with Crippen LogP contribution in [-0.4, -0.2) is 17.4 Å². The van der Waals surface area contributed by atoms with E-state index >= 15 is 0 Å². The summed E-state index contributed by atoms with van der Waals surface area (Å²) >= 11 is 1.84. The second-order valence-corrected chi connectivity index (χ2v) is 4.47. The Balaban J connectivity index is 2.27. The third kappa shape index (κ3) is 1.81. The van der Waals surface area contributed by atoms with Gasteiger partial charge in [-0.15, -0.1) is 11.8 Å². The molecule has 1 atom stereocenters. The maximum Gasteiger partial charge on any atom is 0.115 e. The van der Waals surface area contributed by atoms with Gasteiger partial charge in [-0.05, 0) is 42.6 Å². The van der Waals surface area contributed by atoms with E-state index in [2.05, 4.69) is 0 Å². The maximum atomic E-state index is 9.31. The topological polar surface area (TPSA) is 46.2 Å². The molecule has 0 aliphatic carbocycles. The summed E-state index contributed by atoms with van der Waals surface area (Å²) in [5, 5.41) is 9.31. The Morgan fingerprint density at radius 3 is 3.15 bits per heavy atom. The fourth-order valence-electron chi connectivity index (χ4n) is 1.60. The minimum absolute atomic E-state index is 0.358. The average molecular weight is 195 g/mol. The number of nitrogens with two attached hydrogens (primary N) is 1. The smallest absolute Gasteiger partial charge is 0.115 e. The Kier molecular flexibility index (Phi) is 2.47. The normalized spacial score (nSPS) is 21.2. The number of hydrogen-bond donors (Lipinski definition) is 2. The minimum atomic E-state index is 0.358. The van der Waals surface area contributed by atoms with Crippen LogP contribution in [0.15, 0.2) is 23.1 Å². The zero-order chi connectivity index (χ0) is 9.26. The standard InChI is InChI=1S/C10H13NOS/c11-5-7-3-8-4-9(12)1-2-10(8)13-6-7/h1-2,4,7,12H,3,5-6,11H2. The number of aromatic hydroxyl groups is 1. The number of rotatable bonds is 1. The lowest BCUT2D eigenvalue weighted by atomic mass is 10.0. The van der Waals surface area contributed by atoms with E-state index in [1.165, 1.54) is 10.5 Å². The molecule has 0 saturated heterocycles. The van der Waals surface area contributed by atoms with Crippen molar-refractivity contribution in [2.24, 2.45) is 11.7 Å². The first-order chi connectivity index (χ1) is 6.29.